The summed E-state index contributed by atoms with van der Waals surface area (Å²) < 4.78 is 33.3. The van der Waals surface area contributed by atoms with Crippen LogP contribution in [0.2, 0.25) is 0 Å². The maximum atomic E-state index is 12.6. The van der Waals surface area contributed by atoms with E-state index in [1.54, 1.807) is 25.1 Å². The van der Waals surface area contributed by atoms with E-state index in [0.29, 0.717) is 28.5 Å². The van der Waals surface area contributed by atoms with Gasteiger partial charge in [0, 0.05) is 27.7 Å². The molecule has 148 valence electrons. The number of aliphatic hydroxyl groups is 1. The second-order valence-electron chi connectivity index (χ2n) is 6.01. The molecule has 0 radical (unpaired) electrons. The molecule has 0 aliphatic heterocycles. The maximum Gasteiger partial charge on any atom is 0.387 e. The van der Waals surface area contributed by atoms with Crippen molar-refractivity contribution in [2.24, 2.45) is 0 Å². The SMILES string of the molecule is Cc1sc(-c2cccc(OC(F)F)c2)cc1C(=O)Nc1nc(CC(C)O)ns1. The predicted molar refractivity (Wildman–Crippen MR) is 104 cm³/mol. The molecule has 1 aromatic carbocycles. The number of rotatable bonds is 7. The van der Waals surface area contributed by atoms with Crippen molar-refractivity contribution in [2.75, 3.05) is 5.32 Å². The Labute approximate surface area is 168 Å². The molecule has 0 spiro atoms. The van der Waals surface area contributed by atoms with Crippen LogP contribution in [-0.4, -0.2) is 33.1 Å². The number of alkyl halides is 2. The lowest BCUT2D eigenvalue weighted by Crippen LogP contribution is -2.12. The highest BCUT2D eigenvalue weighted by molar-refractivity contribution is 7.15. The van der Waals surface area contributed by atoms with Crippen molar-refractivity contribution < 1.29 is 23.4 Å². The van der Waals surface area contributed by atoms with Gasteiger partial charge in [-0.3, -0.25) is 10.1 Å². The summed E-state index contributed by atoms with van der Waals surface area (Å²) in [6.45, 7) is 0.547. The third-order valence-corrected chi connectivity index (χ3v) is 5.44. The van der Waals surface area contributed by atoms with E-state index in [2.05, 4.69) is 19.4 Å². The third kappa shape index (κ3) is 5.09. The fraction of sp³-hybridized carbons (Fsp3) is 0.278. The highest BCUT2D eigenvalue weighted by atomic mass is 32.1. The molecule has 6 nitrogen and oxygen atoms in total. The highest BCUT2D eigenvalue weighted by Gasteiger charge is 2.17. The number of aliphatic hydroxyl groups excluding tert-OH is 1. The van der Waals surface area contributed by atoms with Gasteiger partial charge in [-0.2, -0.15) is 13.2 Å². The molecule has 2 aromatic heterocycles. The molecule has 1 unspecified atom stereocenters. The molecule has 0 saturated heterocycles. The summed E-state index contributed by atoms with van der Waals surface area (Å²) in [5.74, 6) is 0.192. The smallest absolute Gasteiger partial charge is 0.387 e. The van der Waals surface area contributed by atoms with E-state index >= 15 is 0 Å². The summed E-state index contributed by atoms with van der Waals surface area (Å²) in [4.78, 5) is 18.3. The normalized spacial score (nSPS) is 12.2. The molecular formula is C18H17F2N3O3S2. The number of aromatic nitrogens is 2. The molecule has 28 heavy (non-hydrogen) atoms. The molecule has 0 fully saturated rings. The summed E-state index contributed by atoms with van der Waals surface area (Å²) >= 11 is 2.42. The van der Waals surface area contributed by atoms with Crippen molar-refractivity contribution in [3.63, 3.8) is 0 Å². The number of carbonyl (C=O) groups excluding carboxylic acids is 1. The Morgan fingerprint density at radius 1 is 1.36 bits per heavy atom. The van der Waals surface area contributed by atoms with Crippen LogP contribution in [0.5, 0.6) is 5.75 Å². The first kappa shape index (κ1) is 20.3. The fourth-order valence-electron chi connectivity index (χ4n) is 2.49. The highest BCUT2D eigenvalue weighted by Crippen LogP contribution is 2.33. The van der Waals surface area contributed by atoms with Gasteiger partial charge in [-0.1, -0.05) is 12.1 Å². The van der Waals surface area contributed by atoms with Crippen LogP contribution >= 0.6 is 22.9 Å². The van der Waals surface area contributed by atoms with Crippen molar-refractivity contribution in [1.82, 2.24) is 9.36 Å². The number of aryl methyl sites for hydroxylation is 1. The number of amides is 1. The van der Waals surface area contributed by atoms with Gasteiger partial charge in [0.1, 0.15) is 11.6 Å². The van der Waals surface area contributed by atoms with Crippen LogP contribution in [-0.2, 0) is 6.42 Å². The minimum Gasteiger partial charge on any atom is -0.435 e. The van der Waals surface area contributed by atoms with Crippen LogP contribution in [0.15, 0.2) is 30.3 Å². The Morgan fingerprint density at radius 3 is 2.86 bits per heavy atom. The van der Waals surface area contributed by atoms with Crippen LogP contribution in [0.4, 0.5) is 13.9 Å². The number of carbonyl (C=O) groups is 1. The Kier molecular flexibility index (Phi) is 6.32. The van der Waals surface area contributed by atoms with Crippen molar-refractivity contribution in [2.45, 2.75) is 33.0 Å². The molecule has 2 heterocycles. The van der Waals surface area contributed by atoms with Gasteiger partial charge in [0.2, 0.25) is 5.13 Å². The minimum absolute atomic E-state index is 0.0593. The van der Waals surface area contributed by atoms with Crippen molar-refractivity contribution in [3.05, 3.63) is 46.6 Å². The molecule has 0 aliphatic carbocycles. The van der Waals surface area contributed by atoms with Crippen molar-refractivity contribution >= 4 is 33.9 Å². The Bertz CT molecular complexity index is 973. The van der Waals surface area contributed by atoms with E-state index < -0.39 is 12.7 Å². The van der Waals surface area contributed by atoms with Crippen LogP contribution in [0.1, 0.15) is 28.0 Å². The largest absolute Gasteiger partial charge is 0.435 e. The van der Waals surface area contributed by atoms with Gasteiger partial charge in [-0.25, -0.2) is 4.98 Å². The zero-order valence-electron chi connectivity index (χ0n) is 15.0. The van der Waals surface area contributed by atoms with Crippen molar-refractivity contribution in [3.8, 4) is 16.2 Å². The zero-order valence-corrected chi connectivity index (χ0v) is 16.6. The molecule has 1 amide bonds. The average molecular weight is 425 g/mol. The number of hydrogen-bond donors (Lipinski definition) is 2. The first-order chi connectivity index (χ1) is 13.3. The van der Waals surface area contributed by atoms with E-state index in [-0.39, 0.29) is 11.7 Å². The number of nitrogens with one attached hydrogen (secondary N) is 1. The lowest BCUT2D eigenvalue weighted by atomic mass is 10.1. The molecule has 0 saturated carbocycles. The molecule has 10 heteroatoms. The Hall–Kier alpha value is -2.43. The minimum atomic E-state index is -2.90. The number of ether oxygens (including phenoxy) is 1. The number of thiophene rings is 1. The van der Waals surface area contributed by atoms with Gasteiger partial charge >= 0.3 is 6.61 Å². The van der Waals surface area contributed by atoms with E-state index in [1.807, 2.05) is 6.92 Å². The summed E-state index contributed by atoms with van der Waals surface area (Å²) in [6, 6.07) is 8.04. The van der Waals surface area contributed by atoms with Gasteiger partial charge in [0.25, 0.3) is 5.91 Å². The third-order valence-electron chi connectivity index (χ3n) is 3.67. The maximum absolute atomic E-state index is 12.6. The summed E-state index contributed by atoms with van der Waals surface area (Å²) in [5.41, 5.74) is 1.15. The quantitative estimate of drug-likeness (QED) is 0.588. The molecule has 0 aliphatic rings. The second kappa shape index (κ2) is 8.72. The first-order valence-electron chi connectivity index (χ1n) is 8.29. The fourth-order valence-corrected chi connectivity index (χ4v) is 4.10. The lowest BCUT2D eigenvalue weighted by molar-refractivity contribution is -0.0498. The average Bonchev–Trinajstić information content (AvgIpc) is 3.20. The molecular weight excluding hydrogens is 408 g/mol. The van der Waals surface area contributed by atoms with Gasteiger partial charge in [0.15, 0.2) is 0 Å². The number of halogens is 2. The molecule has 1 atom stereocenters. The van der Waals surface area contributed by atoms with Crippen LogP contribution < -0.4 is 10.1 Å². The predicted octanol–water partition coefficient (Wildman–Crippen LogP) is 4.35. The van der Waals surface area contributed by atoms with Crippen molar-refractivity contribution in [1.29, 1.82) is 0 Å². The molecule has 2 N–H and O–H groups in total. The molecule has 3 rings (SSSR count). The van der Waals surface area contributed by atoms with Gasteiger partial charge in [-0.05, 0) is 37.6 Å². The number of nitrogens with zero attached hydrogens (tertiary/aromatic N) is 2. The standard InChI is InChI=1S/C18H17F2N3O3S2/c1-9(24)6-15-21-18(28-23-15)22-16(25)13-8-14(27-10(13)2)11-4-3-5-12(7-11)26-17(19)20/h3-5,7-9,17,24H,6H2,1-2H3,(H,21,22,23,25). The lowest BCUT2D eigenvalue weighted by Gasteiger charge is -2.05. The number of hydrogen-bond acceptors (Lipinski definition) is 7. The Morgan fingerprint density at radius 2 is 2.14 bits per heavy atom. The van der Waals surface area contributed by atoms with Crippen LogP contribution in [0, 0.1) is 6.92 Å². The van der Waals surface area contributed by atoms with Gasteiger partial charge < -0.3 is 9.84 Å². The summed E-state index contributed by atoms with van der Waals surface area (Å²) in [7, 11) is 0. The van der Waals surface area contributed by atoms with Crippen LogP contribution in [0.3, 0.4) is 0 Å². The molecule has 3 aromatic rings. The van der Waals surface area contributed by atoms with Gasteiger partial charge in [-0.15, -0.1) is 11.3 Å². The topological polar surface area (TPSA) is 84.3 Å². The first-order valence-corrected chi connectivity index (χ1v) is 9.88. The Balaban J connectivity index is 1.76. The zero-order chi connectivity index (χ0) is 20.3. The number of anilines is 1. The summed E-state index contributed by atoms with van der Waals surface area (Å²) in [6.07, 6.45) is -0.255. The molecule has 0 bridgehead atoms. The summed E-state index contributed by atoms with van der Waals surface area (Å²) in [5, 5.41) is 12.4. The van der Waals surface area contributed by atoms with Crippen LogP contribution in [0.25, 0.3) is 10.4 Å². The second-order valence-corrected chi connectivity index (χ2v) is 8.02. The number of benzene rings is 1. The van der Waals surface area contributed by atoms with E-state index in [4.69, 9.17) is 0 Å². The van der Waals surface area contributed by atoms with E-state index in [1.165, 1.54) is 23.5 Å². The van der Waals surface area contributed by atoms with E-state index in [9.17, 15) is 18.7 Å². The van der Waals surface area contributed by atoms with Gasteiger partial charge in [0.05, 0.1) is 11.7 Å². The monoisotopic (exact) mass is 425 g/mol. The van der Waals surface area contributed by atoms with E-state index in [0.717, 1.165) is 21.3 Å².